The van der Waals surface area contributed by atoms with Crippen LogP contribution < -0.4 is 0 Å². The van der Waals surface area contributed by atoms with Crippen LogP contribution in [0.25, 0.3) is 0 Å². The van der Waals surface area contributed by atoms with E-state index in [0.717, 1.165) is 36.6 Å². The predicted octanol–water partition coefficient (Wildman–Crippen LogP) is 2.63. The van der Waals surface area contributed by atoms with Crippen LogP contribution in [0.2, 0.25) is 0 Å². The van der Waals surface area contributed by atoms with Crippen LogP contribution in [0.4, 0.5) is 0 Å². The zero-order valence-corrected chi connectivity index (χ0v) is 12.0. The molecule has 0 heterocycles. The first-order chi connectivity index (χ1) is 10.4. The Labute approximate surface area is 124 Å². The van der Waals surface area contributed by atoms with Gasteiger partial charge in [0.05, 0.1) is 0 Å². The Morgan fingerprint density at radius 2 is 1.71 bits per heavy atom. The quantitative estimate of drug-likeness (QED) is 0.835. The summed E-state index contributed by atoms with van der Waals surface area (Å²) < 4.78 is 0. The molecule has 0 spiro atoms. The molecule has 0 saturated heterocycles. The summed E-state index contributed by atoms with van der Waals surface area (Å²) in [6.45, 7) is 0.911. The molecule has 106 valence electrons. The monoisotopic (exact) mass is 277 g/mol. The summed E-state index contributed by atoms with van der Waals surface area (Å²) in [5.74, 6) is 5.85. The molecule has 5 fully saturated rings. The molecule has 0 aromatic heterocycles. The molecule has 8 atom stereocenters. The highest BCUT2D eigenvalue weighted by Gasteiger charge is 2.83. The van der Waals surface area contributed by atoms with Gasteiger partial charge in [-0.15, -0.1) is 0 Å². The van der Waals surface area contributed by atoms with Gasteiger partial charge in [-0.25, -0.2) is 0 Å². The summed E-state index contributed by atoms with van der Waals surface area (Å²) in [6.07, 6.45) is 2.39. The summed E-state index contributed by atoms with van der Waals surface area (Å²) in [4.78, 5) is 17.5. The predicted molar refractivity (Wildman–Crippen MR) is 80.0 cm³/mol. The van der Waals surface area contributed by atoms with Gasteiger partial charge in [0.15, 0.2) is 0 Å². The molecule has 0 radical (unpaired) electrons. The van der Waals surface area contributed by atoms with Gasteiger partial charge in [-0.1, -0.05) is 30.3 Å². The highest BCUT2D eigenvalue weighted by atomic mass is 16.1. The third kappa shape index (κ3) is 1.08. The van der Waals surface area contributed by atoms with Gasteiger partial charge in [-0.3, -0.25) is 9.79 Å². The fourth-order valence-corrected chi connectivity index (χ4v) is 7.00. The SMILES string of the molecule is O=C1[C@H]2[C@@H]3C[C@@H]4[C@H]2C(=NCCc2ccccc2)[C@H]2[C@H]1[C@H]3[C@H]42. The fourth-order valence-electron chi connectivity index (χ4n) is 7.00. The van der Waals surface area contributed by atoms with Crippen molar-refractivity contribution in [2.24, 2.45) is 52.3 Å². The van der Waals surface area contributed by atoms with Gasteiger partial charge in [-0.05, 0) is 42.1 Å². The second-order valence-corrected chi connectivity index (χ2v) is 7.77. The lowest BCUT2D eigenvalue weighted by Gasteiger charge is -2.43. The van der Waals surface area contributed by atoms with Gasteiger partial charge in [0.25, 0.3) is 0 Å². The third-order valence-corrected chi connectivity index (χ3v) is 7.38. The van der Waals surface area contributed by atoms with Gasteiger partial charge in [0.1, 0.15) is 5.78 Å². The van der Waals surface area contributed by atoms with Crippen molar-refractivity contribution < 1.29 is 4.79 Å². The van der Waals surface area contributed by atoms with Crippen molar-refractivity contribution in [2.75, 3.05) is 6.54 Å². The maximum Gasteiger partial charge on any atom is 0.140 e. The van der Waals surface area contributed by atoms with Crippen LogP contribution in [0.15, 0.2) is 35.3 Å². The standard InChI is InChI=1S/C19H19NO/c21-19-15-11-8-10-12-13(11)17(19)16(12)18(14(10)15)20-7-6-9-4-2-1-3-5-9/h1-5,10-17H,6-8H2/t10-,11+,12-,13+,14+,15-,16+,17+/m0/s1. The van der Waals surface area contributed by atoms with Crippen molar-refractivity contribution in [1.29, 1.82) is 0 Å². The maximum absolute atomic E-state index is 12.5. The first-order valence-electron chi connectivity index (χ1n) is 8.48. The van der Waals surface area contributed by atoms with Crippen LogP contribution in [0.1, 0.15) is 12.0 Å². The molecular formula is C19H19NO. The smallest absolute Gasteiger partial charge is 0.140 e. The van der Waals surface area contributed by atoms with Crippen LogP contribution in [0.5, 0.6) is 0 Å². The summed E-state index contributed by atoms with van der Waals surface area (Å²) in [7, 11) is 0. The van der Waals surface area contributed by atoms with E-state index in [1.807, 2.05) is 0 Å². The average Bonchev–Trinajstić information content (AvgIpc) is 3.00. The van der Waals surface area contributed by atoms with E-state index in [1.165, 1.54) is 17.7 Å². The average molecular weight is 277 g/mol. The van der Waals surface area contributed by atoms with Gasteiger partial charge in [0.2, 0.25) is 0 Å². The van der Waals surface area contributed by atoms with Crippen molar-refractivity contribution in [3.63, 3.8) is 0 Å². The number of ketones is 1. The van der Waals surface area contributed by atoms with Crippen LogP contribution in [-0.2, 0) is 11.2 Å². The Kier molecular flexibility index (Phi) is 1.85. The fraction of sp³-hybridized carbons (Fsp3) is 0.579. The Hall–Kier alpha value is -1.44. The molecule has 1 aromatic rings. The summed E-state index contributed by atoms with van der Waals surface area (Å²) in [6, 6.07) is 10.6. The zero-order chi connectivity index (χ0) is 13.7. The largest absolute Gasteiger partial charge is 0.299 e. The molecule has 21 heavy (non-hydrogen) atoms. The Morgan fingerprint density at radius 1 is 0.952 bits per heavy atom. The number of carbonyl (C=O) groups is 1. The number of hydrogen-bond acceptors (Lipinski definition) is 2. The number of nitrogens with zero attached hydrogens (tertiary/aromatic N) is 1. The Bertz CT molecular complexity index is 678. The molecule has 2 nitrogen and oxygen atoms in total. The lowest BCUT2D eigenvalue weighted by Crippen LogP contribution is -2.48. The van der Waals surface area contributed by atoms with Gasteiger partial charge < -0.3 is 0 Å². The summed E-state index contributed by atoms with van der Waals surface area (Å²) >= 11 is 0. The molecule has 1 aromatic carbocycles. The molecule has 5 aliphatic rings. The zero-order valence-electron chi connectivity index (χ0n) is 12.0. The van der Waals surface area contributed by atoms with E-state index in [2.05, 4.69) is 30.3 Å². The molecule has 0 unspecified atom stereocenters. The number of Topliss-reactive ketones (excluding diaryl/α,β-unsaturated/α-hetero) is 1. The second kappa shape index (κ2) is 3.48. The highest BCUT2D eigenvalue weighted by molar-refractivity contribution is 6.08. The first-order valence-corrected chi connectivity index (χ1v) is 8.48. The van der Waals surface area contributed by atoms with E-state index in [1.54, 1.807) is 0 Å². The van der Waals surface area contributed by atoms with E-state index in [9.17, 15) is 4.79 Å². The normalized spacial score (nSPS) is 52.2. The first kappa shape index (κ1) is 11.2. The van der Waals surface area contributed by atoms with Crippen LogP contribution in [-0.4, -0.2) is 18.0 Å². The molecule has 5 saturated carbocycles. The molecule has 0 aliphatic heterocycles. The van der Waals surface area contributed by atoms with E-state index in [0.29, 0.717) is 29.5 Å². The van der Waals surface area contributed by atoms with Crippen LogP contribution in [0, 0.1) is 47.3 Å². The molecular weight excluding hydrogens is 258 g/mol. The van der Waals surface area contributed by atoms with Gasteiger partial charge >= 0.3 is 0 Å². The maximum atomic E-state index is 12.5. The van der Waals surface area contributed by atoms with Crippen molar-refractivity contribution in [1.82, 2.24) is 0 Å². The number of fused-ring (bicyclic) bond motifs is 2. The highest BCUT2D eigenvalue weighted by Crippen LogP contribution is 2.80. The second-order valence-electron chi connectivity index (χ2n) is 7.77. The Balaban J connectivity index is 1.30. The minimum absolute atomic E-state index is 0.399. The minimum atomic E-state index is 0.399. The van der Waals surface area contributed by atoms with Crippen LogP contribution >= 0.6 is 0 Å². The van der Waals surface area contributed by atoms with Gasteiger partial charge in [-0.2, -0.15) is 0 Å². The van der Waals surface area contributed by atoms with Gasteiger partial charge in [0, 0.05) is 35.9 Å². The lowest BCUT2D eigenvalue weighted by molar-refractivity contribution is -0.129. The minimum Gasteiger partial charge on any atom is -0.299 e. The number of aliphatic imine (C=N–C) groups is 1. The third-order valence-electron chi connectivity index (χ3n) is 7.38. The summed E-state index contributed by atoms with van der Waals surface area (Å²) in [5, 5.41) is 0. The van der Waals surface area contributed by atoms with E-state index < -0.39 is 0 Å². The molecule has 5 aliphatic carbocycles. The molecule has 6 rings (SSSR count). The van der Waals surface area contributed by atoms with E-state index >= 15 is 0 Å². The van der Waals surface area contributed by atoms with E-state index in [4.69, 9.17) is 4.99 Å². The number of benzene rings is 1. The summed E-state index contributed by atoms with van der Waals surface area (Å²) in [5.41, 5.74) is 2.85. The Morgan fingerprint density at radius 3 is 2.57 bits per heavy atom. The van der Waals surface area contributed by atoms with Crippen molar-refractivity contribution in [2.45, 2.75) is 12.8 Å². The number of rotatable bonds is 3. The molecule has 2 heteroatoms. The van der Waals surface area contributed by atoms with Crippen LogP contribution in [0.3, 0.4) is 0 Å². The number of hydrogen-bond donors (Lipinski definition) is 0. The topological polar surface area (TPSA) is 29.4 Å². The van der Waals surface area contributed by atoms with E-state index in [-0.39, 0.29) is 0 Å². The molecule has 2 bridgehead atoms. The van der Waals surface area contributed by atoms with Crippen molar-refractivity contribution in [3.8, 4) is 0 Å². The van der Waals surface area contributed by atoms with Crippen molar-refractivity contribution >= 4 is 11.5 Å². The molecule has 0 N–H and O–H groups in total. The molecule has 0 amide bonds. The van der Waals surface area contributed by atoms with Crippen molar-refractivity contribution in [3.05, 3.63) is 35.9 Å². The number of carbonyl (C=O) groups excluding carboxylic acids is 1. The lowest BCUT2D eigenvalue weighted by atomic mass is 9.59.